The maximum Gasteiger partial charge on any atom is 0.161 e. The summed E-state index contributed by atoms with van der Waals surface area (Å²) in [7, 11) is 0. The molecule has 0 fully saturated rings. The van der Waals surface area contributed by atoms with Crippen LogP contribution in [0.25, 0.3) is 10.6 Å². The first-order chi connectivity index (χ1) is 7.61. The minimum atomic E-state index is 0.697. The van der Waals surface area contributed by atoms with Crippen LogP contribution in [-0.4, -0.2) is 11.3 Å². The van der Waals surface area contributed by atoms with Crippen LogP contribution >= 0.6 is 27.3 Å². The van der Waals surface area contributed by atoms with Gasteiger partial charge < -0.3 is 0 Å². The van der Waals surface area contributed by atoms with Gasteiger partial charge in [-0.3, -0.25) is 4.79 Å². The molecule has 0 aliphatic carbocycles. The third-order valence-electron chi connectivity index (χ3n) is 2.29. The van der Waals surface area contributed by atoms with Gasteiger partial charge in [-0.25, -0.2) is 4.98 Å². The molecule has 1 heterocycles. The van der Waals surface area contributed by atoms with Gasteiger partial charge in [-0.1, -0.05) is 28.1 Å². The number of halogens is 1. The first kappa shape index (κ1) is 11.5. The molecule has 0 saturated carbocycles. The Morgan fingerprint density at radius 3 is 2.69 bits per heavy atom. The van der Waals surface area contributed by atoms with Crippen LogP contribution in [0.4, 0.5) is 0 Å². The average molecular weight is 296 g/mol. The van der Waals surface area contributed by atoms with E-state index < -0.39 is 0 Å². The van der Waals surface area contributed by atoms with Crippen molar-refractivity contribution in [2.75, 3.05) is 0 Å². The number of benzene rings is 1. The van der Waals surface area contributed by atoms with Crippen molar-refractivity contribution in [1.29, 1.82) is 0 Å². The van der Waals surface area contributed by atoms with Gasteiger partial charge in [0.1, 0.15) is 5.01 Å². The second-order valence-electron chi connectivity index (χ2n) is 3.57. The summed E-state index contributed by atoms with van der Waals surface area (Å²) in [5.41, 5.74) is 3.02. The molecule has 0 aliphatic rings. The summed E-state index contributed by atoms with van der Waals surface area (Å²) in [6, 6.07) is 6.11. The Hall–Kier alpha value is -1.00. The van der Waals surface area contributed by atoms with Gasteiger partial charge in [-0.15, -0.1) is 11.3 Å². The van der Waals surface area contributed by atoms with Crippen molar-refractivity contribution in [3.63, 3.8) is 0 Å². The summed E-state index contributed by atoms with van der Waals surface area (Å²) in [5, 5.41) is 0.881. The molecule has 0 N–H and O–H groups in total. The molecule has 0 aliphatic heterocycles. The molecule has 16 heavy (non-hydrogen) atoms. The van der Waals surface area contributed by atoms with Crippen molar-refractivity contribution in [1.82, 2.24) is 4.98 Å². The number of aryl methyl sites for hydroxylation is 2. The molecular weight excluding hydrogens is 286 g/mol. The zero-order chi connectivity index (χ0) is 11.7. The van der Waals surface area contributed by atoms with Crippen LogP contribution in [0.15, 0.2) is 22.7 Å². The molecule has 0 bridgehead atoms. The van der Waals surface area contributed by atoms with E-state index in [9.17, 15) is 4.79 Å². The first-order valence-electron chi connectivity index (χ1n) is 4.81. The summed E-state index contributed by atoms with van der Waals surface area (Å²) in [6.07, 6.45) is 0.860. The highest BCUT2D eigenvalue weighted by molar-refractivity contribution is 9.10. The number of hydrogen-bond acceptors (Lipinski definition) is 3. The number of aromatic nitrogens is 1. The Kier molecular flexibility index (Phi) is 3.21. The monoisotopic (exact) mass is 295 g/mol. The molecule has 0 saturated heterocycles. The normalized spacial score (nSPS) is 10.4. The predicted molar refractivity (Wildman–Crippen MR) is 70.1 cm³/mol. The lowest BCUT2D eigenvalue weighted by molar-refractivity contribution is 0.112. The Morgan fingerprint density at radius 1 is 1.38 bits per heavy atom. The maximum atomic E-state index is 10.8. The van der Waals surface area contributed by atoms with Gasteiger partial charge in [-0.05, 0) is 25.5 Å². The lowest BCUT2D eigenvalue weighted by atomic mass is 10.2. The van der Waals surface area contributed by atoms with Crippen LogP contribution in [0.2, 0.25) is 0 Å². The number of hydrogen-bond donors (Lipinski definition) is 0. The van der Waals surface area contributed by atoms with Crippen molar-refractivity contribution in [2.45, 2.75) is 13.8 Å². The Balaban J connectivity index is 2.54. The molecule has 0 amide bonds. The van der Waals surface area contributed by atoms with E-state index in [1.807, 2.05) is 32.0 Å². The smallest absolute Gasteiger partial charge is 0.161 e. The predicted octanol–water partition coefficient (Wildman–Crippen LogP) is 4.00. The second kappa shape index (κ2) is 4.47. The minimum absolute atomic E-state index is 0.697. The van der Waals surface area contributed by atoms with Crippen LogP contribution in [0.5, 0.6) is 0 Å². The number of carbonyl (C=O) groups excluding carboxylic acids is 1. The molecule has 2 rings (SSSR count). The fraction of sp³-hybridized carbons (Fsp3) is 0.167. The molecule has 4 heteroatoms. The first-order valence-corrected chi connectivity index (χ1v) is 6.42. The molecule has 0 spiro atoms. The van der Waals surface area contributed by atoms with Crippen molar-refractivity contribution in [3.8, 4) is 10.6 Å². The fourth-order valence-electron chi connectivity index (χ4n) is 1.43. The molecule has 2 aromatic rings. The second-order valence-corrected chi connectivity index (χ2v) is 5.45. The Morgan fingerprint density at radius 2 is 2.12 bits per heavy atom. The van der Waals surface area contributed by atoms with Crippen LogP contribution in [0.3, 0.4) is 0 Å². The average Bonchev–Trinajstić information content (AvgIpc) is 2.59. The van der Waals surface area contributed by atoms with Gasteiger partial charge in [0.15, 0.2) is 6.29 Å². The van der Waals surface area contributed by atoms with Gasteiger partial charge in [0, 0.05) is 10.0 Å². The van der Waals surface area contributed by atoms with E-state index in [0.29, 0.717) is 4.88 Å². The highest BCUT2D eigenvalue weighted by Gasteiger charge is 2.11. The van der Waals surface area contributed by atoms with Crippen LogP contribution < -0.4 is 0 Å². The minimum Gasteiger partial charge on any atom is -0.297 e. The summed E-state index contributed by atoms with van der Waals surface area (Å²) >= 11 is 4.94. The fourth-order valence-corrected chi connectivity index (χ4v) is 3.16. The van der Waals surface area contributed by atoms with Crippen LogP contribution in [-0.2, 0) is 0 Å². The quantitative estimate of drug-likeness (QED) is 0.784. The lowest BCUT2D eigenvalue weighted by Gasteiger charge is -2.01. The standard InChI is InChI=1S/C12H10BrNOS/c1-7-3-4-9(10(13)5-7)12-14-8(2)11(6-15)16-12/h3-6H,1-2H3. The zero-order valence-corrected chi connectivity index (χ0v) is 11.4. The van der Waals surface area contributed by atoms with E-state index in [0.717, 1.165) is 27.0 Å². The number of rotatable bonds is 2. The van der Waals surface area contributed by atoms with E-state index >= 15 is 0 Å². The topological polar surface area (TPSA) is 30.0 Å². The highest BCUT2D eigenvalue weighted by Crippen LogP contribution is 2.32. The van der Waals surface area contributed by atoms with Crippen molar-refractivity contribution < 1.29 is 4.79 Å². The molecule has 0 radical (unpaired) electrons. The van der Waals surface area contributed by atoms with Gasteiger partial charge in [0.05, 0.1) is 10.6 Å². The molecule has 0 unspecified atom stereocenters. The van der Waals surface area contributed by atoms with E-state index in [1.54, 1.807) is 0 Å². The zero-order valence-electron chi connectivity index (χ0n) is 8.95. The van der Waals surface area contributed by atoms with Crippen molar-refractivity contribution in [3.05, 3.63) is 38.8 Å². The molecule has 1 aromatic carbocycles. The maximum absolute atomic E-state index is 10.8. The van der Waals surface area contributed by atoms with E-state index in [2.05, 4.69) is 20.9 Å². The number of nitrogens with zero attached hydrogens (tertiary/aromatic N) is 1. The number of carbonyl (C=O) groups is 1. The van der Waals surface area contributed by atoms with E-state index in [-0.39, 0.29) is 0 Å². The summed E-state index contributed by atoms with van der Waals surface area (Å²) < 4.78 is 1.01. The molecule has 1 aromatic heterocycles. The summed E-state index contributed by atoms with van der Waals surface area (Å²) in [4.78, 5) is 15.9. The van der Waals surface area contributed by atoms with Gasteiger partial charge >= 0.3 is 0 Å². The number of thiazole rings is 1. The molecule has 0 atom stereocenters. The summed E-state index contributed by atoms with van der Waals surface area (Å²) in [5.74, 6) is 0. The van der Waals surface area contributed by atoms with Gasteiger partial charge in [0.25, 0.3) is 0 Å². The van der Waals surface area contributed by atoms with E-state index in [4.69, 9.17) is 0 Å². The Bertz CT molecular complexity index is 548. The van der Waals surface area contributed by atoms with Gasteiger partial charge in [-0.2, -0.15) is 0 Å². The molecule has 82 valence electrons. The molecular formula is C12H10BrNOS. The van der Waals surface area contributed by atoms with E-state index in [1.165, 1.54) is 16.9 Å². The highest BCUT2D eigenvalue weighted by atomic mass is 79.9. The summed E-state index contributed by atoms with van der Waals surface area (Å²) in [6.45, 7) is 3.89. The largest absolute Gasteiger partial charge is 0.297 e. The molecule has 2 nitrogen and oxygen atoms in total. The van der Waals surface area contributed by atoms with Crippen molar-refractivity contribution >= 4 is 33.6 Å². The number of aldehydes is 1. The third-order valence-corrected chi connectivity index (χ3v) is 4.07. The Labute approximate surface area is 106 Å². The van der Waals surface area contributed by atoms with Crippen LogP contribution in [0, 0.1) is 13.8 Å². The lowest BCUT2D eigenvalue weighted by Crippen LogP contribution is -1.81. The van der Waals surface area contributed by atoms with Crippen molar-refractivity contribution in [2.24, 2.45) is 0 Å². The van der Waals surface area contributed by atoms with Gasteiger partial charge in [0.2, 0.25) is 0 Å². The van der Waals surface area contributed by atoms with Crippen LogP contribution in [0.1, 0.15) is 20.9 Å². The SMILES string of the molecule is Cc1ccc(-c2nc(C)c(C=O)s2)c(Br)c1. The third kappa shape index (κ3) is 2.08.